The molecule has 2 atom stereocenters. The van der Waals surface area contributed by atoms with Gasteiger partial charge in [0.05, 0.1) is 11.7 Å². The topological polar surface area (TPSA) is 60.9 Å². The van der Waals surface area contributed by atoms with Crippen LogP contribution in [-0.2, 0) is 16.1 Å². The molecule has 0 spiro atoms. The molecule has 2 aromatic rings. The normalized spacial score (nSPS) is 20.0. The highest BCUT2D eigenvalue weighted by Gasteiger charge is 2.48. The molecule has 4 amide bonds. The lowest BCUT2D eigenvalue weighted by molar-refractivity contribution is -0.133. The van der Waals surface area contributed by atoms with Crippen molar-refractivity contribution in [2.24, 2.45) is 0 Å². The average molecular weight is 454 g/mol. The number of thioether (sulfide) groups is 1. The highest BCUT2D eigenvalue weighted by atomic mass is 32.2. The van der Waals surface area contributed by atoms with Crippen LogP contribution in [0.25, 0.3) is 0 Å². The van der Waals surface area contributed by atoms with Crippen molar-refractivity contribution in [1.29, 1.82) is 0 Å². The van der Waals surface area contributed by atoms with Crippen LogP contribution < -0.4 is 4.90 Å². The van der Waals surface area contributed by atoms with Crippen molar-refractivity contribution in [1.82, 2.24) is 9.80 Å². The fourth-order valence-corrected chi connectivity index (χ4v) is 4.99. The Kier molecular flexibility index (Phi) is 6.32. The van der Waals surface area contributed by atoms with Crippen LogP contribution in [0, 0.1) is 12.7 Å². The fraction of sp³-hybridized carbons (Fsp3) is 0.292. The largest absolute Gasteiger partial charge is 0.337 e. The van der Waals surface area contributed by atoms with E-state index >= 15 is 0 Å². The first-order chi connectivity index (χ1) is 15.4. The number of hydrogen-bond acceptors (Lipinski definition) is 4. The Hall–Kier alpha value is -3.13. The lowest BCUT2D eigenvalue weighted by Crippen LogP contribution is -2.63. The summed E-state index contributed by atoms with van der Waals surface area (Å²) in [5.74, 6) is -0.966. The lowest BCUT2D eigenvalue weighted by Gasteiger charge is -2.41. The molecule has 0 aromatic heterocycles. The zero-order chi connectivity index (χ0) is 22.8. The predicted molar refractivity (Wildman–Crippen MR) is 123 cm³/mol. The van der Waals surface area contributed by atoms with Gasteiger partial charge < -0.3 is 9.80 Å². The highest BCUT2D eigenvalue weighted by Crippen LogP contribution is 2.36. The smallest absolute Gasteiger partial charge is 0.332 e. The van der Waals surface area contributed by atoms with E-state index < -0.39 is 23.1 Å². The summed E-state index contributed by atoms with van der Waals surface area (Å²) >= 11 is 1.33. The second-order valence-corrected chi connectivity index (χ2v) is 8.84. The Morgan fingerprint density at radius 3 is 2.59 bits per heavy atom. The third kappa shape index (κ3) is 4.14. The van der Waals surface area contributed by atoms with E-state index in [4.69, 9.17) is 0 Å². The number of anilines is 1. The van der Waals surface area contributed by atoms with E-state index in [9.17, 15) is 18.8 Å². The Balaban J connectivity index is 1.59. The number of imide groups is 1. The molecule has 32 heavy (non-hydrogen) atoms. The predicted octanol–water partition coefficient (Wildman–Crippen LogP) is 3.95. The van der Waals surface area contributed by atoms with Gasteiger partial charge in [-0.2, -0.15) is 0 Å². The van der Waals surface area contributed by atoms with Crippen LogP contribution in [0.4, 0.5) is 14.9 Å². The Bertz CT molecular complexity index is 1080. The number of hydrogen-bond donors (Lipinski definition) is 0. The molecule has 4 rings (SSSR count). The second-order valence-electron chi connectivity index (χ2n) is 7.79. The van der Waals surface area contributed by atoms with Gasteiger partial charge in [-0.05, 0) is 48.6 Å². The number of benzene rings is 2. The van der Waals surface area contributed by atoms with Crippen LogP contribution in [0.5, 0.6) is 0 Å². The maximum atomic E-state index is 13.8. The van der Waals surface area contributed by atoms with Crippen molar-refractivity contribution >= 4 is 35.3 Å². The third-order valence-corrected chi connectivity index (χ3v) is 6.82. The van der Waals surface area contributed by atoms with E-state index in [2.05, 4.69) is 0 Å². The Morgan fingerprint density at radius 1 is 1.16 bits per heavy atom. The van der Waals surface area contributed by atoms with Crippen LogP contribution in [0.15, 0.2) is 60.0 Å². The molecule has 2 unspecified atom stereocenters. The first kappa shape index (κ1) is 22.1. The van der Waals surface area contributed by atoms with Gasteiger partial charge in [0.15, 0.2) is 0 Å². The van der Waals surface area contributed by atoms with Gasteiger partial charge in [0.25, 0.3) is 5.91 Å². The summed E-state index contributed by atoms with van der Waals surface area (Å²) in [6.07, 6.45) is 1.79. The Labute approximate surface area is 190 Å². The maximum Gasteiger partial charge on any atom is 0.332 e. The average Bonchev–Trinajstić information content (AvgIpc) is 3.28. The van der Waals surface area contributed by atoms with Crippen molar-refractivity contribution in [2.75, 3.05) is 18.0 Å². The minimum atomic E-state index is -0.571. The molecule has 0 N–H and O–H groups in total. The van der Waals surface area contributed by atoms with Gasteiger partial charge in [0, 0.05) is 13.1 Å². The molecule has 8 heteroatoms. The number of carbonyl (C=O) groups is 3. The van der Waals surface area contributed by atoms with E-state index in [1.165, 1.54) is 34.9 Å². The van der Waals surface area contributed by atoms with Crippen molar-refractivity contribution in [3.63, 3.8) is 0 Å². The van der Waals surface area contributed by atoms with Crippen LogP contribution in [-0.4, -0.2) is 52.0 Å². The molecular formula is C24H24FN3O3S. The molecule has 2 aromatic carbocycles. The summed E-state index contributed by atoms with van der Waals surface area (Å²) < 4.78 is 13.8. The number of rotatable bonds is 6. The first-order valence-electron chi connectivity index (χ1n) is 10.4. The summed E-state index contributed by atoms with van der Waals surface area (Å²) in [6.45, 7) is 4.26. The minimum Gasteiger partial charge on any atom is -0.337 e. The Morgan fingerprint density at radius 2 is 1.91 bits per heavy atom. The molecule has 6 nitrogen and oxygen atoms in total. The van der Waals surface area contributed by atoms with Gasteiger partial charge in [-0.3, -0.25) is 9.59 Å². The molecule has 2 aliphatic heterocycles. The van der Waals surface area contributed by atoms with E-state index in [0.717, 1.165) is 10.5 Å². The number of amides is 4. The van der Waals surface area contributed by atoms with Crippen molar-refractivity contribution in [2.45, 2.75) is 31.7 Å². The molecule has 0 aliphatic carbocycles. The van der Waals surface area contributed by atoms with Crippen LogP contribution in [0.2, 0.25) is 0 Å². The quantitative estimate of drug-likeness (QED) is 0.665. The van der Waals surface area contributed by atoms with Crippen LogP contribution in [0.1, 0.15) is 18.1 Å². The van der Waals surface area contributed by atoms with Gasteiger partial charge in [-0.25, -0.2) is 14.1 Å². The maximum absolute atomic E-state index is 13.8. The summed E-state index contributed by atoms with van der Waals surface area (Å²) in [4.78, 5) is 43.9. The summed E-state index contributed by atoms with van der Waals surface area (Å²) in [7, 11) is 0. The second kappa shape index (κ2) is 9.16. The molecular weight excluding hydrogens is 429 g/mol. The van der Waals surface area contributed by atoms with Crippen molar-refractivity contribution < 1.29 is 18.8 Å². The van der Waals surface area contributed by atoms with Crippen molar-refractivity contribution in [3.8, 4) is 0 Å². The highest BCUT2D eigenvalue weighted by molar-refractivity contribution is 8.03. The summed E-state index contributed by atoms with van der Waals surface area (Å²) in [6, 6.07) is 12.7. The molecule has 0 radical (unpaired) electrons. The zero-order valence-electron chi connectivity index (χ0n) is 17.9. The standard InChI is InChI=1S/C24H24FN3O3S/c1-3-26(14-17-7-5-4-6-8-17)21(29)15-27-20-11-12-32-22(20)23(30)28(24(27)31)18-9-10-19(25)16(2)13-18/h4-13,20,22H,3,14-15H2,1-2H3. The van der Waals surface area contributed by atoms with E-state index in [-0.39, 0.29) is 18.4 Å². The number of fused-ring (bicyclic) bond motifs is 1. The number of nitrogens with zero attached hydrogens (tertiary/aromatic N) is 3. The third-order valence-electron chi connectivity index (χ3n) is 5.73. The number of halogens is 1. The van der Waals surface area contributed by atoms with Gasteiger partial charge in [0.1, 0.15) is 17.6 Å². The van der Waals surface area contributed by atoms with Gasteiger partial charge >= 0.3 is 6.03 Å². The number of urea groups is 1. The van der Waals surface area contributed by atoms with Crippen molar-refractivity contribution in [3.05, 3.63) is 77.0 Å². The van der Waals surface area contributed by atoms with Crippen LogP contribution in [0.3, 0.4) is 0 Å². The lowest BCUT2D eigenvalue weighted by atomic mass is 10.1. The number of carbonyl (C=O) groups excluding carboxylic acids is 3. The van der Waals surface area contributed by atoms with E-state index in [0.29, 0.717) is 24.3 Å². The van der Waals surface area contributed by atoms with E-state index in [1.54, 1.807) is 23.3 Å². The zero-order valence-corrected chi connectivity index (χ0v) is 18.7. The number of likely N-dealkylation sites (N-methyl/N-ethyl adjacent to an activating group) is 1. The fourth-order valence-electron chi connectivity index (χ4n) is 3.95. The van der Waals surface area contributed by atoms with E-state index in [1.807, 2.05) is 37.3 Å². The van der Waals surface area contributed by atoms with Gasteiger partial charge in [-0.15, -0.1) is 11.8 Å². The van der Waals surface area contributed by atoms with Crippen LogP contribution >= 0.6 is 11.8 Å². The molecule has 0 bridgehead atoms. The molecule has 0 saturated carbocycles. The van der Waals surface area contributed by atoms with Gasteiger partial charge in [-0.1, -0.05) is 36.4 Å². The minimum absolute atomic E-state index is 0.143. The molecule has 2 heterocycles. The molecule has 2 aliphatic rings. The monoisotopic (exact) mass is 453 g/mol. The molecule has 1 fully saturated rings. The SMILES string of the molecule is CCN(Cc1ccccc1)C(=O)CN1C(=O)N(c2ccc(F)c(C)c2)C(=O)C2SC=CC21. The summed E-state index contributed by atoms with van der Waals surface area (Å²) in [5, 5.41) is 1.26. The first-order valence-corrected chi connectivity index (χ1v) is 11.4. The molecule has 166 valence electrons. The summed E-state index contributed by atoms with van der Waals surface area (Å²) in [5.41, 5.74) is 1.64. The van der Waals surface area contributed by atoms with Gasteiger partial charge in [0.2, 0.25) is 5.91 Å². The number of aryl methyl sites for hydroxylation is 1. The molecule has 1 saturated heterocycles.